The molecule has 2 aliphatic heterocycles. The minimum absolute atomic E-state index is 0.118. The first-order chi connectivity index (χ1) is 15.8. The molecule has 2 aliphatic rings. The van der Waals surface area contributed by atoms with E-state index in [1.807, 2.05) is 13.0 Å². The van der Waals surface area contributed by atoms with E-state index >= 15 is 0 Å². The number of pyridine rings is 1. The number of sulfonamides is 1. The Morgan fingerprint density at radius 3 is 2.91 bits per heavy atom. The number of aromatic nitrogens is 1. The summed E-state index contributed by atoms with van der Waals surface area (Å²) < 4.78 is 34.1. The number of hydrogen-bond donors (Lipinski definition) is 2. The molecule has 2 amide bonds. The second-order valence-electron chi connectivity index (χ2n) is 8.40. The van der Waals surface area contributed by atoms with Crippen molar-refractivity contribution in [3.8, 4) is 5.75 Å². The number of amides is 2. The summed E-state index contributed by atoms with van der Waals surface area (Å²) in [4.78, 5) is 29.0. The van der Waals surface area contributed by atoms with Crippen molar-refractivity contribution >= 4 is 27.5 Å². The maximum absolute atomic E-state index is 13.5. The van der Waals surface area contributed by atoms with Gasteiger partial charge in [0, 0.05) is 38.1 Å². The molecule has 0 spiro atoms. The fourth-order valence-electron chi connectivity index (χ4n) is 4.18. The van der Waals surface area contributed by atoms with Crippen molar-refractivity contribution in [3.05, 3.63) is 47.8 Å². The van der Waals surface area contributed by atoms with Gasteiger partial charge >= 0.3 is 0 Å². The predicted octanol–water partition coefficient (Wildman–Crippen LogP) is 2.22. The molecule has 4 rings (SSSR count). The number of aryl methyl sites for hydroxylation is 1. The molecule has 0 unspecified atom stereocenters. The third-order valence-corrected chi connectivity index (χ3v) is 8.04. The van der Waals surface area contributed by atoms with Crippen LogP contribution in [0.25, 0.3) is 0 Å². The lowest BCUT2D eigenvalue weighted by atomic mass is 9.99. The molecular formula is C23H28N4O5S. The number of benzene rings is 1. The molecule has 0 bridgehead atoms. The summed E-state index contributed by atoms with van der Waals surface area (Å²) in [6.07, 6.45) is 4.39. The van der Waals surface area contributed by atoms with Crippen LogP contribution in [0.4, 0.5) is 5.69 Å². The van der Waals surface area contributed by atoms with E-state index in [-0.39, 0.29) is 23.3 Å². The first-order valence-electron chi connectivity index (χ1n) is 11.1. The molecule has 33 heavy (non-hydrogen) atoms. The molecule has 3 heterocycles. The molecule has 0 radical (unpaired) electrons. The Kier molecular flexibility index (Phi) is 6.66. The molecule has 2 N–H and O–H groups in total. The largest absolute Gasteiger partial charge is 0.478 e. The van der Waals surface area contributed by atoms with E-state index in [4.69, 9.17) is 4.74 Å². The SMILES string of the molecule is CC[C@@H]1Oc2cc(S(=O)(=O)N3CCC[C@@H](C(=O)NCc4cccnc4)C3)c(C)cc2NC1=O. The van der Waals surface area contributed by atoms with Gasteiger partial charge in [-0.25, -0.2) is 8.42 Å². The van der Waals surface area contributed by atoms with Gasteiger partial charge in [0.25, 0.3) is 5.91 Å². The van der Waals surface area contributed by atoms with Gasteiger partial charge < -0.3 is 15.4 Å². The summed E-state index contributed by atoms with van der Waals surface area (Å²) in [7, 11) is -3.85. The first kappa shape index (κ1) is 23.2. The van der Waals surface area contributed by atoms with E-state index in [1.54, 1.807) is 31.5 Å². The van der Waals surface area contributed by atoms with Crippen molar-refractivity contribution in [1.29, 1.82) is 0 Å². The molecule has 1 aromatic carbocycles. The monoisotopic (exact) mass is 472 g/mol. The summed E-state index contributed by atoms with van der Waals surface area (Å²) in [5, 5.41) is 5.67. The number of nitrogens with one attached hydrogen (secondary N) is 2. The van der Waals surface area contributed by atoms with Crippen molar-refractivity contribution < 1.29 is 22.7 Å². The van der Waals surface area contributed by atoms with E-state index < -0.39 is 22.0 Å². The number of anilines is 1. The summed E-state index contributed by atoms with van der Waals surface area (Å²) in [5.41, 5.74) is 1.86. The van der Waals surface area contributed by atoms with Gasteiger partial charge in [0.15, 0.2) is 6.10 Å². The zero-order valence-corrected chi connectivity index (χ0v) is 19.5. The van der Waals surface area contributed by atoms with Crippen LogP contribution in [0.15, 0.2) is 41.6 Å². The molecule has 1 fully saturated rings. The zero-order chi connectivity index (χ0) is 23.6. The number of hydrogen-bond acceptors (Lipinski definition) is 6. The van der Waals surface area contributed by atoms with E-state index in [9.17, 15) is 18.0 Å². The predicted molar refractivity (Wildman–Crippen MR) is 122 cm³/mol. The van der Waals surface area contributed by atoms with E-state index in [2.05, 4.69) is 15.6 Å². The van der Waals surface area contributed by atoms with Crippen LogP contribution >= 0.6 is 0 Å². The molecule has 1 aromatic heterocycles. The Bertz CT molecular complexity index is 1150. The second-order valence-corrected chi connectivity index (χ2v) is 10.3. The Morgan fingerprint density at radius 2 is 2.18 bits per heavy atom. The lowest BCUT2D eigenvalue weighted by molar-refractivity contribution is -0.126. The highest BCUT2D eigenvalue weighted by Gasteiger charge is 2.35. The van der Waals surface area contributed by atoms with Gasteiger partial charge in [-0.05, 0) is 49.4 Å². The Balaban J connectivity index is 1.50. The normalized spacial score (nSPS) is 21.0. The molecule has 1 saturated heterocycles. The fraction of sp³-hybridized carbons (Fsp3) is 0.435. The number of fused-ring (bicyclic) bond motifs is 1. The molecule has 9 nitrogen and oxygen atoms in total. The second kappa shape index (κ2) is 9.48. The van der Waals surface area contributed by atoms with Crippen molar-refractivity contribution in [2.45, 2.75) is 50.7 Å². The van der Waals surface area contributed by atoms with Crippen molar-refractivity contribution in [3.63, 3.8) is 0 Å². The third kappa shape index (κ3) is 4.86. The Morgan fingerprint density at radius 1 is 1.36 bits per heavy atom. The van der Waals surface area contributed by atoms with Gasteiger partial charge in [-0.3, -0.25) is 14.6 Å². The molecule has 0 aliphatic carbocycles. The highest BCUT2D eigenvalue weighted by Crippen LogP contribution is 2.36. The number of carbonyl (C=O) groups excluding carboxylic acids is 2. The van der Waals surface area contributed by atoms with Gasteiger partial charge in [0.1, 0.15) is 5.75 Å². The Hall–Kier alpha value is -2.98. The Labute approximate surface area is 193 Å². The highest BCUT2D eigenvalue weighted by atomic mass is 32.2. The van der Waals surface area contributed by atoms with Crippen LogP contribution in [0, 0.1) is 12.8 Å². The molecule has 0 saturated carbocycles. The van der Waals surface area contributed by atoms with E-state index in [1.165, 1.54) is 10.4 Å². The van der Waals surface area contributed by atoms with Crippen LogP contribution < -0.4 is 15.4 Å². The third-order valence-electron chi connectivity index (χ3n) is 6.03. The standard InChI is InChI=1S/C23H28N4O5S/c1-3-19-23(29)26-18-10-15(2)21(11-20(18)32-19)33(30,31)27-9-5-7-17(14-27)22(28)25-13-16-6-4-8-24-12-16/h4,6,8,10-12,17,19H,3,5,7,9,13-14H2,1-2H3,(H,25,28)(H,26,29)/t17-,19+/m1/s1. The number of ether oxygens (including phenoxy) is 1. The van der Waals surface area contributed by atoms with E-state index in [0.29, 0.717) is 49.4 Å². The molecular weight excluding hydrogens is 444 g/mol. The average molecular weight is 473 g/mol. The van der Waals surface area contributed by atoms with Crippen LogP contribution in [-0.2, 0) is 26.2 Å². The lowest BCUT2D eigenvalue weighted by Crippen LogP contribution is -2.45. The van der Waals surface area contributed by atoms with Gasteiger partial charge in [0.2, 0.25) is 15.9 Å². The molecule has 10 heteroatoms. The minimum Gasteiger partial charge on any atom is -0.478 e. The molecule has 2 atom stereocenters. The van der Waals surface area contributed by atoms with Gasteiger partial charge in [-0.1, -0.05) is 13.0 Å². The number of nitrogens with zero attached hydrogens (tertiary/aromatic N) is 2. The number of piperidine rings is 1. The number of rotatable bonds is 6. The smallest absolute Gasteiger partial charge is 0.265 e. The van der Waals surface area contributed by atoms with Gasteiger partial charge in [-0.15, -0.1) is 0 Å². The zero-order valence-electron chi connectivity index (χ0n) is 18.7. The van der Waals surface area contributed by atoms with Gasteiger partial charge in [0.05, 0.1) is 16.5 Å². The maximum Gasteiger partial charge on any atom is 0.265 e. The van der Waals surface area contributed by atoms with Crippen LogP contribution in [0.1, 0.15) is 37.3 Å². The highest BCUT2D eigenvalue weighted by molar-refractivity contribution is 7.89. The van der Waals surface area contributed by atoms with Crippen molar-refractivity contribution in [1.82, 2.24) is 14.6 Å². The number of carbonyl (C=O) groups is 2. The van der Waals surface area contributed by atoms with Crippen LogP contribution in [0.2, 0.25) is 0 Å². The minimum atomic E-state index is -3.85. The summed E-state index contributed by atoms with van der Waals surface area (Å²) in [5.74, 6) is -0.495. The first-order valence-corrected chi connectivity index (χ1v) is 12.5. The maximum atomic E-state index is 13.5. The molecule has 176 valence electrons. The lowest BCUT2D eigenvalue weighted by Gasteiger charge is -2.32. The molecule has 2 aromatic rings. The van der Waals surface area contributed by atoms with Crippen LogP contribution in [0.3, 0.4) is 0 Å². The quantitative estimate of drug-likeness (QED) is 0.666. The van der Waals surface area contributed by atoms with E-state index in [0.717, 1.165) is 5.56 Å². The van der Waals surface area contributed by atoms with Crippen molar-refractivity contribution in [2.75, 3.05) is 18.4 Å². The topological polar surface area (TPSA) is 118 Å². The summed E-state index contributed by atoms with van der Waals surface area (Å²) >= 11 is 0. The van der Waals surface area contributed by atoms with Gasteiger partial charge in [-0.2, -0.15) is 4.31 Å². The van der Waals surface area contributed by atoms with Crippen molar-refractivity contribution in [2.24, 2.45) is 5.92 Å². The van der Waals surface area contributed by atoms with Crippen LogP contribution in [-0.4, -0.2) is 48.7 Å². The summed E-state index contributed by atoms with van der Waals surface area (Å²) in [6.45, 7) is 4.33. The summed E-state index contributed by atoms with van der Waals surface area (Å²) in [6, 6.07) is 6.77. The fourth-order valence-corrected chi connectivity index (χ4v) is 5.93. The van der Waals surface area contributed by atoms with Crippen LogP contribution in [0.5, 0.6) is 5.75 Å². The average Bonchev–Trinajstić information content (AvgIpc) is 2.82.